The van der Waals surface area contributed by atoms with Gasteiger partial charge in [0.1, 0.15) is 5.92 Å². The molecule has 5 nitrogen and oxygen atoms in total. The third-order valence-electron chi connectivity index (χ3n) is 2.35. The van der Waals surface area contributed by atoms with Gasteiger partial charge in [0.2, 0.25) is 11.8 Å². The van der Waals surface area contributed by atoms with Crippen LogP contribution in [-0.4, -0.2) is 47.4 Å². The second-order valence-electron chi connectivity index (χ2n) is 3.55. The molecule has 1 heterocycles. The van der Waals surface area contributed by atoms with E-state index in [1.165, 1.54) is 0 Å². The van der Waals surface area contributed by atoms with Crippen LogP contribution in [0.5, 0.6) is 0 Å². The fourth-order valence-electron chi connectivity index (χ4n) is 1.67. The van der Waals surface area contributed by atoms with Crippen LogP contribution >= 0.6 is 0 Å². The van der Waals surface area contributed by atoms with Crippen LogP contribution in [-0.2, 0) is 9.59 Å². The van der Waals surface area contributed by atoms with Crippen molar-refractivity contribution in [2.45, 2.75) is 26.7 Å². The normalized spacial score (nSPS) is 18.9. The number of carbonyl (C=O) groups excluding carboxylic acids is 3. The van der Waals surface area contributed by atoms with E-state index in [1.54, 1.807) is 0 Å². The number of rotatable bonds is 3. The average Bonchev–Trinajstić information content (AvgIpc) is 2.01. The zero-order valence-corrected chi connectivity index (χ0v) is 8.29. The summed E-state index contributed by atoms with van der Waals surface area (Å²) in [4.78, 5) is 33.4. The van der Waals surface area contributed by atoms with E-state index in [9.17, 15) is 14.4 Å². The summed E-state index contributed by atoms with van der Waals surface area (Å²) in [6.45, 7) is 3.82. The van der Waals surface area contributed by atoms with E-state index in [-0.39, 0.29) is 35.5 Å². The Morgan fingerprint density at radius 3 is 2.07 bits per heavy atom. The summed E-state index contributed by atoms with van der Waals surface area (Å²) >= 11 is 0. The van der Waals surface area contributed by atoms with Gasteiger partial charge in [-0.15, -0.1) is 0 Å². The minimum absolute atomic E-state index is 0. The predicted molar refractivity (Wildman–Crippen MR) is 56.4 cm³/mol. The second kappa shape index (κ2) is 6.25. The molecule has 6 heteroatoms. The molecule has 1 fully saturated rings. The molecular formula is C9H15N2NaO3. The van der Waals surface area contributed by atoms with Crippen molar-refractivity contribution in [2.75, 3.05) is 0 Å². The molecule has 0 radical (unpaired) electrons. The molecule has 1 saturated heterocycles. The van der Waals surface area contributed by atoms with Gasteiger partial charge in [-0.2, -0.15) is 0 Å². The van der Waals surface area contributed by atoms with E-state index >= 15 is 0 Å². The van der Waals surface area contributed by atoms with Crippen molar-refractivity contribution >= 4 is 47.4 Å². The molecule has 1 atom stereocenters. The van der Waals surface area contributed by atoms with E-state index in [1.807, 2.05) is 13.8 Å². The summed E-state index contributed by atoms with van der Waals surface area (Å²) in [5.41, 5.74) is 0. The molecule has 0 bridgehead atoms. The molecule has 1 unspecified atom stereocenters. The molecule has 1 aliphatic heterocycles. The van der Waals surface area contributed by atoms with Gasteiger partial charge in [0, 0.05) is 0 Å². The van der Waals surface area contributed by atoms with Crippen LogP contribution in [0.3, 0.4) is 0 Å². The molecule has 0 spiro atoms. The fourth-order valence-corrected chi connectivity index (χ4v) is 1.67. The Balaban J connectivity index is 0.00000196. The van der Waals surface area contributed by atoms with Gasteiger partial charge in [-0.3, -0.25) is 20.2 Å². The Labute approximate surface area is 111 Å². The average molecular weight is 222 g/mol. The summed E-state index contributed by atoms with van der Waals surface area (Å²) in [5.74, 6) is -1.74. The number of hydrogen-bond acceptors (Lipinski definition) is 3. The summed E-state index contributed by atoms with van der Waals surface area (Å²) in [6.07, 6.45) is 1.70. The van der Waals surface area contributed by atoms with Crippen LogP contribution in [0, 0.1) is 11.8 Å². The van der Waals surface area contributed by atoms with Crippen LogP contribution < -0.4 is 10.6 Å². The van der Waals surface area contributed by atoms with Crippen molar-refractivity contribution in [3.63, 3.8) is 0 Å². The van der Waals surface area contributed by atoms with Crippen molar-refractivity contribution in [3.8, 4) is 0 Å². The van der Waals surface area contributed by atoms with Crippen molar-refractivity contribution in [3.05, 3.63) is 0 Å². The third-order valence-corrected chi connectivity index (χ3v) is 2.35. The van der Waals surface area contributed by atoms with Crippen LogP contribution in [0.4, 0.5) is 4.79 Å². The van der Waals surface area contributed by atoms with E-state index in [0.29, 0.717) is 0 Å². The number of carbonyl (C=O) groups is 3. The molecule has 1 rings (SSSR count). The Bertz CT molecular complexity index is 261. The first-order valence-corrected chi connectivity index (χ1v) is 4.72. The molecule has 0 aromatic heterocycles. The summed E-state index contributed by atoms with van der Waals surface area (Å²) in [5, 5.41) is 4.18. The molecule has 0 aromatic rings. The Morgan fingerprint density at radius 2 is 1.67 bits per heavy atom. The minimum atomic E-state index is -0.729. The van der Waals surface area contributed by atoms with Gasteiger partial charge in [-0.1, -0.05) is 20.3 Å². The number of imide groups is 2. The van der Waals surface area contributed by atoms with E-state index in [0.717, 1.165) is 12.8 Å². The number of nitrogens with one attached hydrogen (secondary N) is 2. The summed E-state index contributed by atoms with van der Waals surface area (Å²) in [7, 11) is 0. The monoisotopic (exact) mass is 222 g/mol. The maximum atomic E-state index is 11.3. The Hall–Kier alpha value is -0.390. The zero-order chi connectivity index (χ0) is 10.7. The number of amides is 4. The standard InChI is InChI=1S/C9H14N2O3.Na.H/c1-3-4-5(2)6-7(12)10-9(14)11-8(6)13;;/h5-6H,3-4H2,1-2H3,(H2,10,11,12,13,14);;. The van der Waals surface area contributed by atoms with Gasteiger partial charge in [-0.05, 0) is 12.3 Å². The van der Waals surface area contributed by atoms with Crippen LogP contribution in [0.15, 0.2) is 0 Å². The first-order valence-electron chi connectivity index (χ1n) is 4.72. The van der Waals surface area contributed by atoms with E-state index in [4.69, 9.17) is 0 Å². The molecule has 4 amide bonds. The first kappa shape index (κ1) is 14.6. The zero-order valence-electron chi connectivity index (χ0n) is 8.29. The molecule has 15 heavy (non-hydrogen) atoms. The van der Waals surface area contributed by atoms with E-state index < -0.39 is 23.8 Å². The van der Waals surface area contributed by atoms with Gasteiger partial charge in [-0.25, -0.2) is 4.79 Å². The fraction of sp³-hybridized carbons (Fsp3) is 0.667. The van der Waals surface area contributed by atoms with Crippen molar-refractivity contribution in [1.82, 2.24) is 10.6 Å². The van der Waals surface area contributed by atoms with Crippen molar-refractivity contribution in [1.29, 1.82) is 0 Å². The summed E-state index contributed by atoms with van der Waals surface area (Å²) in [6, 6.07) is -0.722. The Morgan fingerprint density at radius 1 is 1.20 bits per heavy atom. The van der Waals surface area contributed by atoms with Crippen molar-refractivity contribution in [2.24, 2.45) is 11.8 Å². The van der Waals surface area contributed by atoms with Gasteiger partial charge < -0.3 is 0 Å². The number of urea groups is 1. The van der Waals surface area contributed by atoms with Crippen LogP contribution in [0.2, 0.25) is 0 Å². The van der Waals surface area contributed by atoms with Gasteiger partial charge >= 0.3 is 35.6 Å². The number of hydrogen-bond donors (Lipinski definition) is 2. The number of barbiturate groups is 1. The predicted octanol–water partition coefficient (Wildman–Crippen LogP) is -0.244. The topological polar surface area (TPSA) is 75.3 Å². The van der Waals surface area contributed by atoms with E-state index in [2.05, 4.69) is 10.6 Å². The van der Waals surface area contributed by atoms with Crippen LogP contribution in [0.25, 0.3) is 0 Å². The maximum absolute atomic E-state index is 11.3. The molecule has 0 aliphatic carbocycles. The molecule has 80 valence electrons. The SMILES string of the molecule is CCCC(C)C1C(=O)NC(=O)NC1=O.[NaH]. The van der Waals surface area contributed by atoms with Gasteiger partial charge in [0.05, 0.1) is 0 Å². The second-order valence-corrected chi connectivity index (χ2v) is 3.55. The molecule has 0 saturated carbocycles. The van der Waals surface area contributed by atoms with Gasteiger partial charge in [0.15, 0.2) is 0 Å². The Kier molecular flexibility index (Phi) is 6.09. The first-order chi connectivity index (χ1) is 6.56. The van der Waals surface area contributed by atoms with Gasteiger partial charge in [0.25, 0.3) is 0 Å². The molecule has 0 aromatic carbocycles. The van der Waals surface area contributed by atoms with Crippen LogP contribution in [0.1, 0.15) is 26.7 Å². The third kappa shape index (κ3) is 3.59. The van der Waals surface area contributed by atoms with Crippen molar-refractivity contribution < 1.29 is 14.4 Å². The molecular weight excluding hydrogens is 207 g/mol. The summed E-state index contributed by atoms with van der Waals surface area (Å²) < 4.78 is 0. The molecule has 2 N–H and O–H groups in total. The quantitative estimate of drug-likeness (QED) is 0.511. The molecule has 1 aliphatic rings.